The van der Waals surface area contributed by atoms with E-state index in [1.165, 1.54) is 12.1 Å². The van der Waals surface area contributed by atoms with E-state index in [1.807, 2.05) is 6.92 Å². The van der Waals surface area contributed by atoms with E-state index in [0.29, 0.717) is 16.3 Å². The first kappa shape index (κ1) is 15.7. The Morgan fingerprint density at radius 2 is 1.76 bits per heavy atom. The average Bonchev–Trinajstić information content (AvgIpc) is 2.38. The average molecular weight is 312 g/mol. The molecule has 0 fully saturated rings. The molecule has 2 unspecified atom stereocenters. The smallest absolute Gasteiger partial charge is 0.126 e. The minimum absolute atomic E-state index is 0.338. The van der Waals surface area contributed by atoms with Gasteiger partial charge in [-0.15, -0.1) is 0 Å². The van der Waals surface area contributed by atoms with Crippen LogP contribution in [0.4, 0.5) is 8.78 Å². The van der Waals surface area contributed by atoms with Gasteiger partial charge in [0.2, 0.25) is 0 Å². The summed E-state index contributed by atoms with van der Waals surface area (Å²) in [6.45, 7) is 1.82. The summed E-state index contributed by atoms with van der Waals surface area (Å²) in [5.41, 5.74) is 0.490. The summed E-state index contributed by atoms with van der Waals surface area (Å²) in [6, 6.07) is 10.1. The van der Waals surface area contributed by atoms with Gasteiger partial charge in [-0.1, -0.05) is 17.7 Å². The lowest BCUT2D eigenvalue weighted by Crippen LogP contribution is -2.31. The summed E-state index contributed by atoms with van der Waals surface area (Å²) in [5.74, 6) is -0.618. The number of halogens is 3. The van der Waals surface area contributed by atoms with Crippen LogP contribution in [0.5, 0.6) is 5.75 Å². The zero-order valence-electron chi connectivity index (χ0n) is 11.7. The lowest BCUT2D eigenvalue weighted by Gasteiger charge is -2.25. The number of hydrogen-bond acceptors (Lipinski definition) is 2. The third kappa shape index (κ3) is 4.16. The first-order valence-electron chi connectivity index (χ1n) is 6.55. The molecule has 5 heteroatoms. The highest BCUT2D eigenvalue weighted by Gasteiger charge is 2.20. The highest BCUT2D eigenvalue weighted by molar-refractivity contribution is 6.30. The molecule has 0 radical (unpaired) electrons. The summed E-state index contributed by atoms with van der Waals surface area (Å²) in [4.78, 5) is 0. The SMILES string of the molecule is CNC(c1cc(F)cc(F)c1)C(C)Oc1cccc(Cl)c1. The van der Waals surface area contributed by atoms with E-state index >= 15 is 0 Å². The molecule has 1 N–H and O–H groups in total. The second kappa shape index (κ2) is 6.87. The number of ether oxygens (including phenoxy) is 1. The maximum Gasteiger partial charge on any atom is 0.126 e. The topological polar surface area (TPSA) is 21.3 Å². The van der Waals surface area contributed by atoms with E-state index in [9.17, 15) is 8.78 Å². The lowest BCUT2D eigenvalue weighted by molar-refractivity contribution is 0.175. The fourth-order valence-corrected chi connectivity index (χ4v) is 2.43. The van der Waals surface area contributed by atoms with Crippen molar-refractivity contribution in [2.24, 2.45) is 0 Å². The van der Waals surface area contributed by atoms with Gasteiger partial charge in [-0.2, -0.15) is 0 Å². The van der Waals surface area contributed by atoms with Gasteiger partial charge in [-0.25, -0.2) is 8.78 Å². The second-order valence-electron chi connectivity index (χ2n) is 4.75. The van der Waals surface area contributed by atoms with Crippen molar-refractivity contribution in [1.82, 2.24) is 5.32 Å². The number of hydrogen-bond donors (Lipinski definition) is 1. The van der Waals surface area contributed by atoms with Crippen LogP contribution in [-0.2, 0) is 0 Å². The van der Waals surface area contributed by atoms with E-state index in [4.69, 9.17) is 16.3 Å². The third-order valence-corrected chi connectivity index (χ3v) is 3.38. The summed E-state index contributed by atoms with van der Waals surface area (Å²) in [6.07, 6.45) is -0.338. The highest BCUT2D eigenvalue weighted by Crippen LogP contribution is 2.25. The molecule has 0 heterocycles. The molecular formula is C16H16ClF2NO. The Morgan fingerprint density at radius 1 is 1.10 bits per heavy atom. The zero-order valence-corrected chi connectivity index (χ0v) is 12.5. The van der Waals surface area contributed by atoms with Crippen LogP contribution in [0, 0.1) is 11.6 Å². The number of rotatable bonds is 5. The van der Waals surface area contributed by atoms with E-state index in [1.54, 1.807) is 31.3 Å². The third-order valence-electron chi connectivity index (χ3n) is 3.14. The highest BCUT2D eigenvalue weighted by atomic mass is 35.5. The van der Waals surface area contributed by atoms with Crippen molar-refractivity contribution >= 4 is 11.6 Å². The van der Waals surface area contributed by atoms with Crippen molar-refractivity contribution in [3.63, 3.8) is 0 Å². The number of benzene rings is 2. The largest absolute Gasteiger partial charge is 0.489 e. The first-order chi connectivity index (χ1) is 9.99. The quantitative estimate of drug-likeness (QED) is 0.886. The summed E-state index contributed by atoms with van der Waals surface area (Å²) < 4.78 is 32.5. The van der Waals surface area contributed by atoms with Crippen molar-refractivity contribution in [3.8, 4) is 5.75 Å². The predicted octanol–water partition coefficient (Wildman–Crippen LogP) is 4.35. The molecule has 21 heavy (non-hydrogen) atoms. The monoisotopic (exact) mass is 311 g/mol. The van der Waals surface area contributed by atoms with Gasteiger partial charge in [-0.05, 0) is 49.9 Å². The maximum atomic E-state index is 13.3. The van der Waals surface area contributed by atoms with Gasteiger partial charge in [0, 0.05) is 11.1 Å². The Morgan fingerprint density at radius 3 is 2.33 bits per heavy atom. The first-order valence-corrected chi connectivity index (χ1v) is 6.93. The summed E-state index contributed by atoms with van der Waals surface area (Å²) >= 11 is 5.91. The molecule has 0 spiro atoms. The molecule has 2 rings (SSSR count). The van der Waals surface area contributed by atoms with E-state index in [-0.39, 0.29) is 12.1 Å². The van der Waals surface area contributed by atoms with Crippen molar-refractivity contribution < 1.29 is 13.5 Å². The predicted molar refractivity (Wildman–Crippen MR) is 79.7 cm³/mol. The Bertz CT molecular complexity index is 601. The van der Waals surface area contributed by atoms with Crippen molar-refractivity contribution in [1.29, 1.82) is 0 Å². The van der Waals surface area contributed by atoms with Gasteiger partial charge in [0.1, 0.15) is 23.5 Å². The molecule has 0 saturated carbocycles. The van der Waals surface area contributed by atoms with Crippen LogP contribution in [0.15, 0.2) is 42.5 Å². The molecule has 2 atom stereocenters. The van der Waals surface area contributed by atoms with Crippen molar-refractivity contribution in [2.45, 2.75) is 19.1 Å². The van der Waals surface area contributed by atoms with Crippen LogP contribution in [0.2, 0.25) is 5.02 Å². The Labute approximate surface area is 127 Å². The standard InChI is InChI=1S/C16H16ClF2NO/c1-10(21-15-5-3-4-12(17)8-15)16(20-2)11-6-13(18)9-14(19)7-11/h3-10,16,20H,1-2H3. The molecule has 0 aliphatic carbocycles. The van der Waals surface area contributed by atoms with Crippen LogP contribution in [0.25, 0.3) is 0 Å². The van der Waals surface area contributed by atoms with Crippen molar-refractivity contribution in [3.05, 3.63) is 64.7 Å². The van der Waals surface area contributed by atoms with Gasteiger partial charge in [0.05, 0.1) is 6.04 Å². The lowest BCUT2D eigenvalue weighted by atomic mass is 10.0. The van der Waals surface area contributed by atoms with Gasteiger partial charge in [0.15, 0.2) is 0 Å². The maximum absolute atomic E-state index is 13.3. The van der Waals surface area contributed by atoms with Gasteiger partial charge < -0.3 is 10.1 Å². The van der Waals surface area contributed by atoms with Crippen LogP contribution in [0.1, 0.15) is 18.5 Å². The Hall–Kier alpha value is -1.65. The van der Waals surface area contributed by atoms with Crippen LogP contribution >= 0.6 is 11.6 Å². The molecule has 0 saturated heterocycles. The van der Waals surface area contributed by atoms with Gasteiger partial charge in [-0.3, -0.25) is 0 Å². The molecule has 112 valence electrons. The fourth-order valence-electron chi connectivity index (χ4n) is 2.25. The number of likely N-dealkylation sites (N-methyl/N-ethyl adjacent to an activating group) is 1. The van der Waals surface area contributed by atoms with Crippen molar-refractivity contribution in [2.75, 3.05) is 7.05 Å². The molecule has 0 bridgehead atoms. The van der Waals surface area contributed by atoms with Gasteiger partial charge >= 0.3 is 0 Å². The molecule has 2 nitrogen and oxygen atoms in total. The fraction of sp³-hybridized carbons (Fsp3) is 0.250. The van der Waals surface area contributed by atoms with Crippen LogP contribution in [-0.4, -0.2) is 13.2 Å². The molecule has 2 aromatic rings. The van der Waals surface area contributed by atoms with E-state index in [0.717, 1.165) is 6.07 Å². The molecule has 0 aliphatic heterocycles. The normalized spacial score (nSPS) is 13.8. The summed E-state index contributed by atoms with van der Waals surface area (Å²) in [7, 11) is 1.71. The van der Waals surface area contributed by atoms with E-state index < -0.39 is 11.6 Å². The van der Waals surface area contributed by atoms with E-state index in [2.05, 4.69) is 5.32 Å². The number of nitrogens with one attached hydrogen (secondary N) is 1. The van der Waals surface area contributed by atoms with Crippen LogP contribution in [0.3, 0.4) is 0 Å². The van der Waals surface area contributed by atoms with Gasteiger partial charge in [0.25, 0.3) is 0 Å². The Kier molecular flexibility index (Phi) is 5.15. The minimum Gasteiger partial charge on any atom is -0.489 e. The molecule has 0 aliphatic rings. The minimum atomic E-state index is -0.611. The molecule has 0 amide bonds. The second-order valence-corrected chi connectivity index (χ2v) is 5.19. The molecule has 0 aromatic heterocycles. The molecule has 2 aromatic carbocycles. The zero-order chi connectivity index (χ0) is 15.4. The molecular weight excluding hydrogens is 296 g/mol. The Balaban J connectivity index is 2.20. The van der Waals surface area contributed by atoms with Crippen LogP contribution < -0.4 is 10.1 Å². The summed E-state index contributed by atoms with van der Waals surface area (Å²) in [5, 5.41) is 3.58.